The highest BCUT2D eigenvalue weighted by Gasteiger charge is 2.14. The fourth-order valence-electron chi connectivity index (χ4n) is 1.80. The first-order valence-corrected chi connectivity index (χ1v) is 5.72. The van der Waals surface area contributed by atoms with E-state index in [2.05, 4.69) is 11.7 Å². The van der Waals surface area contributed by atoms with Gasteiger partial charge in [0.15, 0.2) is 0 Å². The average Bonchev–Trinajstić information content (AvgIpc) is 2.30. The van der Waals surface area contributed by atoms with E-state index < -0.39 is 0 Å². The lowest BCUT2D eigenvalue weighted by Gasteiger charge is -2.11. The van der Waals surface area contributed by atoms with Crippen LogP contribution < -0.4 is 5.56 Å². The highest BCUT2D eigenvalue weighted by molar-refractivity contribution is 5.38. The van der Waals surface area contributed by atoms with Crippen molar-refractivity contribution in [1.82, 2.24) is 9.78 Å². The van der Waals surface area contributed by atoms with Crippen LogP contribution in [-0.4, -0.2) is 9.78 Å². The van der Waals surface area contributed by atoms with Gasteiger partial charge in [0, 0.05) is 0 Å². The van der Waals surface area contributed by atoms with E-state index in [9.17, 15) is 4.79 Å². The molecule has 0 fully saturated rings. The fourth-order valence-corrected chi connectivity index (χ4v) is 1.80. The van der Waals surface area contributed by atoms with Gasteiger partial charge < -0.3 is 0 Å². The molecule has 4 nitrogen and oxygen atoms in total. The summed E-state index contributed by atoms with van der Waals surface area (Å²) in [6, 6.07) is 2.00. The van der Waals surface area contributed by atoms with Crippen molar-refractivity contribution in [2.45, 2.75) is 40.2 Å². The Kier molecular flexibility index (Phi) is 4.22. The second-order valence-electron chi connectivity index (χ2n) is 4.04. The largest absolute Gasteiger partial charge is 0.285 e. The molecule has 0 radical (unpaired) electrons. The van der Waals surface area contributed by atoms with Crippen LogP contribution >= 0.6 is 0 Å². The number of nitriles is 1. The molecular formula is C13H17N3O. The third kappa shape index (κ3) is 2.62. The van der Waals surface area contributed by atoms with Crippen LogP contribution in [0.15, 0.2) is 16.9 Å². The number of aryl methyl sites for hydroxylation is 1. The summed E-state index contributed by atoms with van der Waals surface area (Å²) in [7, 11) is 0. The van der Waals surface area contributed by atoms with Crippen LogP contribution in [0.4, 0.5) is 0 Å². The summed E-state index contributed by atoms with van der Waals surface area (Å²) in [5.41, 5.74) is 2.35. The van der Waals surface area contributed by atoms with Crippen molar-refractivity contribution in [2.24, 2.45) is 0 Å². The molecule has 0 saturated heterocycles. The number of hydrogen-bond acceptors (Lipinski definition) is 3. The fraction of sp³-hybridized carbons (Fsp3) is 0.462. The van der Waals surface area contributed by atoms with Gasteiger partial charge in [0.1, 0.15) is 11.6 Å². The molecule has 1 rings (SSSR count). The second kappa shape index (κ2) is 5.44. The van der Waals surface area contributed by atoms with E-state index in [-0.39, 0.29) is 11.1 Å². The standard InChI is InChI=1S/C13H17N3O/c1-5-10-11(7-14)13(17)16(8-9(3)4)15-12(10)6-2/h3,5-6,8H2,1-2,4H3. The molecule has 0 unspecified atom stereocenters. The van der Waals surface area contributed by atoms with Gasteiger partial charge in [0.05, 0.1) is 12.2 Å². The topological polar surface area (TPSA) is 58.7 Å². The summed E-state index contributed by atoms with van der Waals surface area (Å²) in [5.74, 6) is 0. The monoisotopic (exact) mass is 231 g/mol. The van der Waals surface area contributed by atoms with Crippen LogP contribution in [0.25, 0.3) is 0 Å². The Morgan fingerprint density at radius 1 is 1.47 bits per heavy atom. The Morgan fingerprint density at radius 2 is 2.12 bits per heavy atom. The van der Waals surface area contributed by atoms with Crippen LogP contribution in [0.1, 0.15) is 37.6 Å². The number of allylic oxidation sites excluding steroid dienone is 1. The SMILES string of the molecule is C=C(C)Cn1nc(CC)c(CC)c(C#N)c1=O. The van der Waals surface area contributed by atoms with Gasteiger partial charge in [-0.1, -0.05) is 26.0 Å². The highest BCUT2D eigenvalue weighted by atomic mass is 16.1. The first-order chi connectivity index (χ1) is 8.04. The van der Waals surface area contributed by atoms with Crippen molar-refractivity contribution in [3.63, 3.8) is 0 Å². The van der Waals surface area contributed by atoms with Gasteiger partial charge in [-0.05, 0) is 25.3 Å². The first-order valence-electron chi connectivity index (χ1n) is 5.72. The maximum Gasteiger partial charge on any atom is 0.285 e. The zero-order valence-electron chi connectivity index (χ0n) is 10.6. The lowest BCUT2D eigenvalue weighted by atomic mass is 10.0. The third-order valence-corrected chi connectivity index (χ3v) is 2.56. The van der Waals surface area contributed by atoms with E-state index in [1.807, 2.05) is 26.8 Å². The predicted octanol–water partition coefficient (Wildman–Crippen LogP) is 1.82. The Balaban J connectivity index is 3.52. The summed E-state index contributed by atoms with van der Waals surface area (Å²) in [6.45, 7) is 9.86. The Hall–Kier alpha value is -1.89. The van der Waals surface area contributed by atoms with E-state index in [1.165, 1.54) is 4.68 Å². The quantitative estimate of drug-likeness (QED) is 0.742. The third-order valence-electron chi connectivity index (χ3n) is 2.56. The molecule has 1 aromatic heterocycles. The van der Waals surface area contributed by atoms with Gasteiger partial charge in [-0.15, -0.1) is 0 Å². The van der Waals surface area contributed by atoms with Crippen molar-refractivity contribution in [1.29, 1.82) is 5.26 Å². The molecule has 90 valence electrons. The Labute approximate surface area is 101 Å². The summed E-state index contributed by atoms with van der Waals surface area (Å²) in [5, 5.41) is 13.4. The van der Waals surface area contributed by atoms with Gasteiger partial charge in [-0.25, -0.2) is 4.68 Å². The van der Waals surface area contributed by atoms with Crippen LogP contribution in [0.5, 0.6) is 0 Å². The molecule has 0 aliphatic heterocycles. The minimum absolute atomic E-state index is 0.223. The van der Waals surface area contributed by atoms with Crippen molar-refractivity contribution in [2.75, 3.05) is 0 Å². The van der Waals surface area contributed by atoms with Crippen molar-refractivity contribution in [3.05, 3.63) is 39.3 Å². The van der Waals surface area contributed by atoms with E-state index in [0.717, 1.165) is 16.8 Å². The number of hydrogen-bond donors (Lipinski definition) is 0. The smallest absolute Gasteiger partial charge is 0.266 e. The molecule has 0 aromatic carbocycles. The zero-order valence-corrected chi connectivity index (χ0v) is 10.6. The van der Waals surface area contributed by atoms with Crippen LogP contribution in [0.2, 0.25) is 0 Å². The van der Waals surface area contributed by atoms with Gasteiger partial charge >= 0.3 is 0 Å². The van der Waals surface area contributed by atoms with E-state index in [0.29, 0.717) is 19.4 Å². The summed E-state index contributed by atoms with van der Waals surface area (Å²) in [6.07, 6.45) is 1.37. The molecule has 0 aliphatic rings. The second-order valence-corrected chi connectivity index (χ2v) is 4.04. The van der Waals surface area contributed by atoms with E-state index >= 15 is 0 Å². The molecule has 0 spiro atoms. The maximum absolute atomic E-state index is 12.0. The minimum atomic E-state index is -0.315. The normalized spacial score (nSPS) is 10.0. The van der Waals surface area contributed by atoms with Crippen molar-refractivity contribution < 1.29 is 0 Å². The van der Waals surface area contributed by atoms with Gasteiger partial charge in [0.25, 0.3) is 5.56 Å². The van der Waals surface area contributed by atoms with Crippen LogP contribution in [-0.2, 0) is 19.4 Å². The number of rotatable bonds is 4. The van der Waals surface area contributed by atoms with Crippen LogP contribution in [0, 0.1) is 11.3 Å². The molecular weight excluding hydrogens is 214 g/mol. The molecule has 0 atom stereocenters. The molecule has 0 N–H and O–H groups in total. The minimum Gasteiger partial charge on any atom is -0.266 e. The van der Waals surface area contributed by atoms with E-state index in [4.69, 9.17) is 5.26 Å². The summed E-state index contributed by atoms with van der Waals surface area (Å²) >= 11 is 0. The van der Waals surface area contributed by atoms with Gasteiger partial charge in [0.2, 0.25) is 0 Å². The highest BCUT2D eigenvalue weighted by Crippen LogP contribution is 2.10. The maximum atomic E-state index is 12.0. The first kappa shape index (κ1) is 13.2. The molecule has 0 aliphatic carbocycles. The van der Waals surface area contributed by atoms with E-state index in [1.54, 1.807) is 0 Å². The lowest BCUT2D eigenvalue weighted by Crippen LogP contribution is -2.29. The number of aromatic nitrogens is 2. The van der Waals surface area contributed by atoms with Crippen molar-refractivity contribution in [3.8, 4) is 6.07 Å². The van der Waals surface area contributed by atoms with Crippen LogP contribution in [0.3, 0.4) is 0 Å². The lowest BCUT2D eigenvalue weighted by molar-refractivity contribution is 0.606. The number of nitrogens with zero attached hydrogens (tertiary/aromatic N) is 3. The molecule has 0 amide bonds. The zero-order chi connectivity index (χ0) is 13.0. The summed E-state index contributed by atoms with van der Waals surface area (Å²) < 4.78 is 1.33. The van der Waals surface area contributed by atoms with Gasteiger partial charge in [-0.2, -0.15) is 10.4 Å². The Bertz CT molecular complexity index is 535. The van der Waals surface area contributed by atoms with Gasteiger partial charge in [-0.3, -0.25) is 4.79 Å². The summed E-state index contributed by atoms with van der Waals surface area (Å²) in [4.78, 5) is 12.0. The molecule has 0 bridgehead atoms. The molecule has 17 heavy (non-hydrogen) atoms. The molecule has 1 heterocycles. The predicted molar refractivity (Wildman–Crippen MR) is 66.8 cm³/mol. The molecule has 0 saturated carbocycles. The average molecular weight is 231 g/mol. The molecule has 1 aromatic rings. The van der Waals surface area contributed by atoms with Crippen molar-refractivity contribution >= 4 is 0 Å². The molecule has 4 heteroatoms. The Morgan fingerprint density at radius 3 is 2.53 bits per heavy atom.